The van der Waals surface area contributed by atoms with Crippen molar-refractivity contribution in [1.29, 1.82) is 0 Å². The Hall–Kier alpha value is -8.45. The highest BCUT2D eigenvalue weighted by molar-refractivity contribution is 6.26. The van der Waals surface area contributed by atoms with Crippen LogP contribution in [0.15, 0.2) is 185 Å². The Kier molecular flexibility index (Phi) is 8.66. The van der Waals surface area contributed by atoms with Crippen LogP contribution in [0.1, 0.15) is 16.7 Å². The molecule has 0 bridgehead atoms. The molecule has 0 amide bonds. The number of alkyl halides is 9. The molecule has 0 aliphatic rings. The Morgan fingerprint density at radius 2 is 0.729 bits per heavy atom. The molecule has 0 aliphatic carbocycles. The quantitative estimate of drug-likeness (QED) is 0.165. The molecule has 70 heavy (non-hydrogen) atoms. The van der Waals surface area contributed by atoms with E-state index >= 15 is 13.2 Å². The number of hydrogen-bond acceptors (Lipinski definition) is 2. The number of fused-ring (bicyclic) bond motifs is 14. The summed E-state index contributed by atoms with van der Waals surface area (Å²) in [6.45, 7) is 0. The maximum atomic E-state index is 17.6. The van der Waals surface area contributed by atoms with Gasteiger partial charge in [-0.05, 0) is 90.0 Å². The number of halogens is 9. The Morgan fingerprint density at radius 3 is 1.14 bits per heavy atom. The van der Waals surface area contributed by atoms with Crippen molar-refractivity contribution in [3.05, 3.63) is 193 Å². The van der Waals surface area contributed by atoms with Crippen LogP contribution in [0.5, 0.6) is 0 Å². The second-order valence-electron chi connectivity index (χ2n) is 17.3. The molecule has 0 fully saturated rings. The predicted octanol–water partition coefficient (Wildman–Crippen LogP) is 18.1. The monoisotopic (exact) mass is 944 g/mol. The van der Waals surface area contributed by atoms with Crippen LogP contribution in [-0.4, -0.2) is 9.13 Å². The summed E-state index contributed by atoms with van der Waals surface area (Å²) in [5.41, 5.74) is -3.28. The van der Waals surface area contributed by atoms with Crippen LogP contribution in [0.3, 0.4) is 0 Å². The number of furan rings is 2. The first-order chi connectivity index (χ1) is 33.6. The maximum Gasteiger partial charge on any atom is 0.420 e. The summed E-state index contributed by atoms with van der Waals surface area (Å²) in [7, 11) is 0. The average Bonchev–Trinajstić information content (AvgIpc) is 4.10. The van der Waals surface area contributed by atoms with Gasteiger partial charge in [-0.1, -0.05) is 97.1 Å². The minimum absolute atomic E-state index is 0.268. The van der Waals surface area contributed by atoms with Crippen LogP contribution in [0.25, 0.3) is 121 Å². The molecule has 0 radical (unpaired) electrons. The van der Waals surface area contributed by atoms with Crippen molar-refractivity contribution in [3.8, 4) is 33.6 Å². The van der Waals surface area contributed by atoms with Crippen molar-refractivity contribution in [3.63, 3.8) is 0 Å². The summed E-state index contributed by atoms with van der Waals surface area (Å²) < 4.78 is 157. The lowest BCUT2D eigenvalue weighted by Gasteiger charge is -2.28. The van der Waals surface area contributed by atoms with Crippen molar-refractivity contribution in [2.75, 3.05) is 0 Å². The maximum absolute atomic E-state index is 17.6. The lowest BCUT2D eigenvalue weighted by atomic mass is 9.89. The summed E-state index contributed by atoms with van der Waals surface area (Å²) in [4.78, 5) is 0. The van der Waals surface area contributed by atoms with Gasteiger partial charge < -0.3 is 18.0 Å². The zero-order valence-electron chi connectivity index (χ0n) is 35.9. The molecule has 13 aromatic rings. The second-order valence-corrected chi connectivity index (χ2v) is 17.3. The van der Waals surface area contributed by atoms with Gasteiger partial charge in [0.05, 0.1) is 55.3 Å². The molecule has 0 saturated carbocycles. The minimum Gasteiger partial charge on any atom is -0.456 e. The normalized spacial score (nSPS) is 12.9. The number of nitrogens with zero attached hydrogens (tertiary/aromatic N) is 2. The molecule has 0 unspecified atom stereocenters. The summed E-state index contributed by atoms with van der Waals surface area (Å²) in [6.07, 6.45) is -15.2. The van der Waals surface area contributed by atoms with Crippen molar-refractivity contribution in [1.82, 2.24) is 9.13 Å². The summed E-state index contributed by atoms with van der Waals surface area (Å²) in [5.74, 6) is 0. The first kappa shape index (κ1) is 41.7. The highest BCUT2D eigenvalue weighted by atomic mass is 19.4. The van der Waals surface area contributed by atoms with Gasteiger partial charge in [-0.2, -0.15) is 39.5 Å². The highest BCUT2D eigenvalue weighted by Crippen LogP contribution is 2.54. The number of hydrogen-bond donors (Lipinski definition) is 0. The molecular formula is C57H29F9N2O2. The third-order valence-electron chi connectivity index (χ3n) is 13.4. The molecule has 0 atom stereocenters. The van der Waals surface area contributed by atoms with E-state index in [-0.39, 0.29) is 44.3 Å². The van der Waals surface area contributed by atoms with E-state index in [4.69, 9.17) is 8.83 Å². The zero-order chi connectivity index (χ0) is 48.0. The summed E-state index contributed by atoms with van der Waals surface area (Å²) in [6, 6.07) is 43.8. The summed E-state index contributed by atoms with van der Waals surface area (Å²) >= 11 is 0. The second kappa shape index (κ2) is 14.5. The lowest BCUT2D eigenvalue weighted by Crippen LogP contribution is -2.18. The first-order valence-corrected chi connectivity index (χ1v) is 22.0. The molecule has 0 N–H and O–H groups in total. The van der Waals surface area contributed by atoms with E-state index in [9.17, 15) is 26.3 Å². The van der Waals surface area contributed by atoms with Crippen LogP contribution < -0.4 is 0 Å². The van der Waals surface area contributed by atoms with Crippen molar-refractivity contribution in [2.45, 2.75) is 18.5 Å². The molecule has 0 saturated heterocycles. The minimum atomic E-state index is -5.38. The fourth-order valence-electron chi connectivity index (χ4n) is 10.6. The van der Waals surface area contributed by atoms with Gasteiger partial charge in [-0.15, -0.1) is 0 Å². The fraction of sp³-hybridized carbons (Fsp3) is 0.0526. The largest absolute Gasteiger partial charge is 0.456 e. The molecule has 13 rings (SSSR count). The van der Waals surface area contributed by atoms with E-state index in [1.807, 2.05) is 0 Å². The average molecular weight is 945 g/mol. The van der Waals surface area contributed by atoms with Crippen LogP contribution in [0.2, 0.25) is 0 Å². The molecule has 0 aliphatic heterocycles. The molecular weight excluding hydrogens is 916 g/mol. The highest BCUT2D eigenvalue weighted by Gasteiger charge is 2.43. The lowest BCUT2D eigenvalue weighted by molar-refractivity contribution is -0.138. The molecule has 4 aromatic heterocycles. The van der Waals surface area contributed by atoms with Crippen LogP contribution in [-0.2, 0) is 18.5 Å². The SMILES string of the molecule is FC(F)(F)c1cccc(-c2cc(-c3cccc(C(F)(F)F)c3)c(-n3c4ccccc4c4ccc5oc6ccccc6c5c43)c(C(F)(F)F)c2-n2c3ccccc3c3ccc4oc5ccccc5c4c32)c1. The third-order valence-corrected chi connectivity index (χ3v) is 13.4. The van der Waals surface area contributed by atoms with Crippen LogP contribution in [0.4, 0.5) is 39.5 Å². The van der Waals surface area contributed by atoms with E-state index in [0.29, 0.717) is 65.4 Å². The Morgan fingerprint density at radius 1 is 0.329 bits per heavy atom. The Bertz CT molecular complexity index is 4070. The van der Waals surface area contributed by atoms with Crippen LogP contribution in [0, 0.1) is 0 Å². The van der Waals surface area contributed by atoms with Crippen molar-refractivity contribution >= 4 is 87.5 Å². The van der Waals surface area contributed by atoms with Gasteiger partial charge in [0.1, 0.15) is 27.9 Å². The molecule has 4 nitrogen and oxygen atoms in total. The van der Waals surface area contributed by atoms with Crippen molar-refractivity contribution < 1.29 is 48.3 Å². The zero-order valence-corrected chi connectivity index (χ0v) is 35.9. The van der Waals surface area contributed by atoms with Gasteiger partial charge in [-0.25, -0.2) is 0 Å². The van der Waals surface area contributed by atoms with E-state index in [1.165, 1.54) is 27.3 Å². The number of aromatic nitrogens is 2. The van der Waals surface area contributed by atoms with E-state index in [1.54, 1.807) is 121 Å². The summed E-state index contributed by atoms with van der Waals surface area (Å²) in [5, 5.41) is 4.12. The standard InChI is InChI=1S/C57H29F9N2O2/c58-55(59,60)32-13-9-11-30(27-32)40-29-41(31-12-10-14-33(28-31)56(61,62)63)54(68-43-20-6-2-16-35(43)37-24-26-47-49(52(37)68)39-18-4-8-22-45(39)70-47)50(57(64,65)66)53(40)67-42-19-5-1-15-34(42)36-23-25-46-48(51(36)67)38-17-3-7-21-44(38)69-46/h1-29H. The van der Waals surface area contributed by atoms with E-state index in [0.717, 1.165) is 36.4 Å². The molecule has 342 valence electrons. The Labute approximate surface area is 388 Å². The first-order valence-electron chi connectivity index (χ1n) is 22.0. The van der Waals surface area contributed by atoms with Gasteiger partial charge >= 0.3 is 18.5 Å². The number of para-hydroxylation sites is 4. The van der Waals surface area contributed by atoms with E-state index < -0.39 is 46.6 Å². The topological polar surface area (TPSA) is 36.1 Å². The third kappa shape index (κ3) is 6.06. The smallest absolute Gasteiger partial charge is 0.420 e. The van der Waals surface area contributed by atoms with Gasteiger partial charge in [0.25, 0.3) is 0 Å². The van der Waals surface area contributed by atoms with Crippen LogP contribution >= 0.6 is 0 Å². The van der Waals surface area contributed by atoms with Gasteiger partial charge in [0.15, 0.2) is 0 Å². The van der Waals surface area contributed by atoms with Gasteiger partial charge in [-0.3, -0.25) is 0 Å². The predicted molar refractivity (Wildman–Crippen MR) is 256 cm³/mol. The molecule has 4 heterocycles. The fourth-order valence-corrected chi connectivity index (χ4v) is 10.6. The number of rotatable bonds is 4. The molecule has 9 aromatic carbocycles. The Balaban J connectivity index is 1.34. The van der Waals surface area contributed by atoms with Gasteiger partial charge in [0, 0.05) is 43.4 Å². The molecule has 13 heteroatoms. The van der Waals surface area contributed by atoms with E-state index in [2.05, 4.69) is 0 Å². The molecule has 0 spiro atoms. The van der Waals surface area contributed by atoms with Crippen molar-refractivity contribution in [2.24, 2.45) is 0 Å². The number of benzene rings is 9. The van der Waals surface area contributed by atoms with Gasteiger partial charge in [0.2, 0.25) is 0 Å².